The largest absolute Gasteiger partial charge is 0.268 e. The van der Waals surface area contributed by atoms with Gasteiger partial charge in [0.05, 0.1) is 6.04 Å². The molecule has 12 heavy (non-hydrogen) atoms. The van der Waals surface area contributed by atoms with Crippen LogP contribution >= 0.6 is 0 Å². The van der Waals surface area contributed by atoms with Crippen LogP contribution in [0.3, 0.4) is 0 Å². The quantitative estimate of drug-likeness (QED) is 0.521. The van der Waals surface area contributed by atoms with Gasteiger partial charge in [-0.3, -0.25) is 5.84 Å². The molecule has 1 aromatic rings. The normalized spacial score (nSPS) is 27.8. The first-order valence-corrected chi connectivity index (χ1v) is 4.11. The van der Waals surface area contributed by atoms with Gasteiger partial charge in [-0.05, 0) is 5.56 Å². The molecule has 1 saturated heterocycles. The minimum Gasteiger partial charge on any atom is -0.268 e. The summed E-state index contributed by atoms with van der Waals surface area (Å²) in [5.74, 6) is 5.51. The zero-order valence-electron chi connectivity index (χ0n) is 6.85. The lowest BCUT2D eigenvalue weighted by molar-refractivity contribution is 0.571. The van der Waals surface area contributed by atoms with E-state index in [1.54, 1.807) is 5.01 Å². The van der Waals surface area contributed by atoms with E-state index in [0.29, 0.717) is 6.04 Å². The van der Waals surface area contributed by atoms with Crippen molar-refractivity contribution in [1.82, 2.24) is 5.01 Å². The van der Waals surface area contributed by atoms with Gasteiger partial charge in [0.1, 0.15) is 0 Å². The fourth-order valence-corrected chi connectivity index (χ4v) is 1.13. The molecule has 0 aliphatic carbocycles. The third-order valence-corrected chi connectivity index (χ3v) is 2.00. The highest BCUT2D eigenvalue weighted by molar-refractivity contribution is 5.50. The van der Waals surface area contributed by atoms with Gasteiger partial charge in [0.15, 0.2) is 0 Å². The van der Waals surface area contributed by atoms with Crippen molar-refractivity contribution in [2.45, 2.75) is 6.04 Å². The molecule has 0 spiro atoms. The summed E-state index contributed by atoms with van der Waals surface area (Å²) in [6, 6.07) is 10.7. The molecule has 2 atom stereocenters. The summed E-state index contributed by atoms with van der Waals surface area (Å²) in [6.45, 7) is 0.989. The molecule has 2 nitrogen and oxygen atoms in total. The van der Waals surface area contributed by atoms with Gasteiger partial charge in [-0.25, -0.2) is 5.01 Å². The number of hydrazine groups is 1. The van der Waals surface area contributed by atoms with Crippen molar-refractivity contribution in [3.8, 4) is 0 Å². The number of nitrogens with two attached hydrogens (primary N) is 1. The van der Waals surface area contributed by atoms with E-state index in [4.69, 9.17) is 5.84 Å². The van der Waals surface area contributed by atoms with Crippen LogP contribution in [-0.2, 0) is 0 Å². The summed E-state index contributed by atoms with van der Waals surface area (Å²) in [7, 11) is 0. The first-order valence-electron chi connectivity index (χ1n) is 4.11. The van der Waals surface area contributed by atoms with Crippen molar-refractivity contribution >= 4 is 6.08 Å². The van der Waals surface area contributed by atoms with E-state index in [1.165, 1.54) is 5.56 Å². The van der Waals surface area contributed by atoms with Crippen molar-refractivity contribution in [2.75, 3.05) is 6.54 Å². The number of hydrogen-bond donors (Lipinski definition) is 1. The predicted molar refractivity (Wildman–Crippen MR) is 50.2 cm³/mol. The summed E-state index contributed by atoms with van der Waals surface area (Å²) in [6.07, 6.45) is 4.24. The lowest BCUT2D eigenvalue weighted by Gasteiger charge is -1.90. The molecule has 0 amide bonds. The Hall–Kier alpha value is -1.12. The average Bonchev–Trinajstić information content (AvgIpc) is 2.81. The second-order valence-electron chi connectivity index (χ2n) is 3.03. The van der Waals surface area contributed by atoms with Crippen molar-refractivity contribution in [3.63, 3.8) is 0 Å². The van der Waals surface area contributed by atoms with Crippen LogP contribution in [-0.4, -0.2) is 17.6 Å². The Bertz CT molecular complexity index is 279. The van der Waals surface area contributed by atoms with Gasteiger partial charge in [0.2, 0.25) is 0 Å². The zero-order chi connectivity index (χ0) is 8.39. The molecule has 0 radical (unpaired) electrons. The number of benzene rings is 1. The minimum atomic E-state index is 0.463. The molecule has 2 unspecified atom stereocenters. The van der Waals surface area contributed by atoms with Gasteiger partial charge in [0, 0.05) is 6.54 Å². The molecule has 1 aliphatic heterocycles. The maximum absolute atomic E-state index is 5.51. The van der Waals surface area contributed by atoms with Crippen molar-refractivity contribution in [3.05, 3.63) is 42.0 Å². The van der Waals surface area contributed by atoms with Crippen LogP contribution in [0.2, 0.25) is 0 Å². The van der Waals surface area contributed by atoms with Gasteiger partial charge in [-0.2, -0.15) is 0 Å². The smallest absolute Gasteiger partial charge is 0.0566 e. The molecule has 1 aliphatic rings. The Kier molecular flexibility index (Phi) is 1.94. The van der Waals surface area contributed by atoms with Gasteiger partial charge in [0.25, 0.3) is 0 Å². The molecule has 62 valence electrons. The summed E-state index contributed by atoms with van der Waals surface area (Å²) in [5.41, 5.74) is 1.23. The van der Waals surface area contributed by atoms with Crippen LogP contribution in [0, 0.1) is 0 Å². The molecular weight excluding hydrogens is 148 g/mol. The van der Waals surface area contributed by atoms with E-state index in [1.807, 2.05) is 18.2 Å². The summed E-state index contributed by atoms with van der Waals surface area (Å²) >= 11 is 0. The van der Waals surface area contributed by atoms with Crippen LogP contribution in [0.1, 0.15) is 5.56 Å². The molecule has 1 fully saturated rings. The molecule has 0 aromatic heterocycles. The van der Waals surface area contributed by atoms with Crippen LogP contribution in [0.25, 0.3) is 6.08 Å². The van der Waals surface area contributed by atoms with E-state index >= 15 is 0 Å². The maximum atomic E-state index is 5.51. The first-order chi connectivity index (χ1) is 5.86. The minimum absolute atomic E-state index is 0.463. The fraction of sp³-hybridized carbons (Fsp3) is 0.200. The van der Waals surface area contributed by atoms with Gasteiger partial charge >= 0.3 is 0 Å². The van der Waals surface area contributed by atoms with E-state index in [-0.39, 0.29) is 0 Å². The molecule has 1 aromatic carbocycles. The van der Waals surface area contributed by atoms with Gasteiger partial charge in [-0.15, -0.1) is 0 Å². The highest BCUT2D eigenvalue weighted by atomic mass is 15.5. The van der Waals surface area contributed by atoms with Crippen molar-refractivity contribution < 1.29 is 0 Å². The lowest BCUT2D eigenvalue weighted by atomic mass is 10.2. The Morgan fingerprint density at radius 1 is 1.33 bits per heavy atom. The fourth-order valence-electron chi connectivity index (χ4n) is 1.13. The van der Waals surface area contributed by atoms with E-state index in [0.717, 1.165) is 6.54 Å². The highest BCUT2D eigenvalue weighted by Crippen LogP contribution is 2.13. The monoisotopic (exact) mass is 160 g/mol. The topological polar surface area (TPSA) is 29.0 Å². The summed E-state index contributed by atoms with van der Waals surface area (Å²) in [4.78, 5) is 0. The second kappa shape index (κ2) is 3.09. The predicted octanol–water partition coefficient (Wildman–Crippen LogP) is 1.26. The molecule has 0 bridgehead atoms. The molecule has 2 N–H and O–H groups in total. The Morgan fingerprint density at radius 3 is 2.58 bits per heavy atom. The molecule has 1 heterocycles. The van der Waals surface area contributed by atoms with Crippen LogP contribution in [0.4, 0.5) is 0 Å². The van der Waals surface area contributed by atoms with Crippen LogP contribution in [0.5, 0.6) is 0 Å². The van der Waals surface area contributed by atoms with Crippen LogP contribution in [0.15, 0.2) is 36.4 Å². The molecule has 2 rings (SSSR count). The Labute approximate surface area is 72.3 Å². The zero-order valence-corrected chi connectivity index (χ0v) is 6.85. The Morgan fingerprint density at radius 2 is 2.00 bits per heavy atom. The second-order valence-corrected chi connectivity index (χ2v) is 3.03. The lowest BCUT2D eigenvalue weighted by Crippen LogP contribution is -2.07. The Balaban J connectivity index is 1.99. The maximum Gasteiger partial charge on any atom is 0.0566 e. The number of rotatable bonds is 2. The summed E-state index contributed by atoms with van der Waals surface area (Å²) in [5, 5.41) is 1.80. The SMILES string of the molecule is NN1CC1/C=C/c1ccccc1. The van der Waals surface area contributed by atoms with Gasteiger partial charge in [-0.1, -0.05) is 42.5 Å². The third kappa shape index (κ3) is 1.72. The van der Waals surface area contributed by atoms with Crippen LogP contribution < -0.4 is 5.84 Å². The molecule has 2 heteroatoms. The third-order valence-electron chi connectivity index (χ3n) is 2.00. The number of nitrogens with zero attached hydrogens (tertiary/aromatic N) is 1. The first kappa shape index (κ1) is 7.53. The van der Waals surface area contributed by atoms with E-state index in [9.17, 15) is 0 Å². The summed E-state index contributed by atoms with van der Waals surface area (Å²) < 4.78 is 0. The van der Waals surface area contributed by atoms with E-state index < -0.39 is 0 Å². The number of hydrogen-bond acceptors (Lipinski definition) is 2. The standard InChI is InChI=1S/C10H12N2/c11-12-8-10(12)7-6-9-4-2-1-3-5-9/h1-7,10H,8,11H2/b7-6+. The van der Waals surface area contributed by atoms with Crippen molar-refractivity contribution in [1.29, 1.82) is 0 Å². The van der Waals surface area contributed by atoms with Crippen molar-refractivity contribution in [2.24, 2.45) is 5.84 Å². The average molecular weight is 160 g/mol. The highest BCUT2D eigenvalue weighted by Gasteiger charge is 2.27. The van der Waals surface area contributed by atoms with E-state index in [2.05, 4.69) is 24.3 Å². The van der Waals surface area contributed by atoms with Gasteiger partial charge < -0.3 is 0 Å². The molecule has 0 saturated carbocycles. The molecular formula is C10H12N2.